The van der Waals surface area contributed by atoms with Crippen molar-refractivity contribution in [3.05, 3.63) is 28.8 Å². The normalized spacial score (nSPS) is 20.2. The summed E-state index contributed by atoms with van der Waals surface area (Å²) in [6, 6.07) is 5.61. The first-order valence-electron chi connectivity index (χ1n) is 6.40. The Bertz CT molecular complexity index is 497. The van der Waals surface area contributed by atoms with E-state index in [9.17, 15) is 4.79 Å². The number of aryl methyl sites for hydroxylation is 1. The van der Waals surface area contributed by atoms with Crippen molar-refractivity contribution in [2.24, 2.45) is 5.41 Å². The van der Waals surface area contributed by atoms with Gasteiger partial charge >= 0.3 is 6.03 Å². The second-order valence-electron chi connectivity index (χ2n) is 5.57. The molecule has 4 heteroatoms. The number of hydrogen-bond acceptors (Lipinski definition) is 1. The van der Waals surface area contributed by atoms with Crippen LogP contribution in [0.2, 0.25) is 5.02 Å². The van der Waals surface area contributed by atoms with Gasteiger partial charge in [-0.05, 0) is 49.3 Å². The van der Waals surface area contributed by atoms with Crippen LogP contribution >= 0.6 is 11.6 Å². The molecule has 3 nitrogen and oxygen atoms in total. The molecule has 1 N–H and O–H groups in total. The highest BCUT2D eigenvalue weighted by Gasteiger charge is 2.48. The molecule has 0 atom stereocenters. The molecule has 1 aromatic rings. The van der Waals surface area contributed by atoms with Crippen LogP contribution in [0.5, 0.6) is 0 Å². The summed E-state index contributed by atoms with van der Waals surface area (Å²) in [4.78, 5) is 14.0. The summed E-state index contributed by atoms with van der Waals surface area (Å²) >= 11 is 6.05. The molecule has 1 aliphatic heterocycles. The molecule has 96 valence electrons. The van der Waals surface area contributed by atoms with Crippen molar-refractivity contribution in [3.8, 4) is 0 Å². The number of anilines is 1. The van der Waals surface area contributed by atoms with E-state index in [1.165, 1.54) is 12.8 Å². The summed E-state index contributed by atoms with van der Waals surface area (Å²) in [6.07, 6.45) is 3.73. The molecule has 18 heavy (non-hydrogen) atoms. The number of nitrogens with zero attached hydrogens (tertiary/aromatic N) is 1. The molecule has 1 saturated heterocycles. The fourth-order valence-electron chi connectivity index (χ4n) is 2.57. The highest BCUT2D eigenvalue weighted by molar-refractivity contribution is 6.31. The SMILES string of the molecule is Cc1ccc(NC(=O)N2CCC3(CC3)C2)cc1Cl. The molecule has 2 fully saturated rings. The van der Waals surface area contributed by atoms with E-state index in [0.29, 0.717) is 10.4 Å². The molecule has 1 saturated carbocycles. The van der Waals surface area contributed by atoms with Gasteiger partial charge in [0.15, 0.2) is 0 Å². The molecule has 0 aromatic heterocycles. The number of carbonyl (C=O) groups is 1. The number of carbonyl (C=O) groups excluding carboxylic acids is 1. The van der Waals surface area contributed by atoms with Gasteiger partial charge in [-0.25, -0.2) is 4.79 Å². The lowest BCUT2D eigenvalue weighted by molar-refractivity contribution is 0.220. The van der Waals surface area contributed by atoms with Crippen molar-refractivity contribution in [2.45, 2.75) is 26.2 Å². The number of hydrogen-bond donors (Lipinski definition) is 1. The first-order chi connectivity index (χ1) is 8.58. The lowest BCUT2D eigenvalue weighted by Crippen LogP contribution is -2.33. The smallest absolute Gasteiger partial charge is 0.321 e. The zero-order chi connectivity index (χ0) is 12.8. The Hall–Kier alpha value is -1.22. The third-order valence-electron chi connectivity index (χ3n) is 4.11. The third kappa shape index (κ3) is 2.19. The lowest BCUT2D eigenvalue weighted by Gasteiger charge is -2.17. The molecule has 1 spiro atoms. The summed E-state index contributed by atoms with van der Waals surface area (Å²) in [5.41, 5.74) is 2.27. The van der Waals surface area contributed by atoms with Crippen molar-refractivity contribution in [1.82, 2.24) is 4.90 Å². The van der Waals surface area contributed by atoms with E-state index in [0.717, 1.165) is 30.8 Å². The third-order valence-corrected chi connectivity index (χ3v) is 4.51. The maximum atomic E-state index is 12.1. The highest BCUT2D eigenvalue weighted by Crippen LogP contribution is 2.52. The summed E-state index contributed by atoms with van der Waals surface area (Å²) in [7, 11) is 0. The van der Waals surface area contributed by atoms with Gasteiger partial charge < -0.3 is 10.2 Å². The molecular formula is C14H17ClN2O. The fourth-order valence-corrected chi connectivity index (χ4v) is 2.75. The Morgan fingerprint density at radius 2 is 2.17 bits per heavy atom. The second-order valence-corrected chi connectivity index (χ2v) is 5.97. The zero-order valence-corrected chi connectivity index (χ0v) is 11.3. The Kier molecular flexibility index (Phi) is 2.74. The summed E-state index contributed by atoms with van der Waals surface area (Å²) in [5, 5.41) is 3.61. The predicted molar refractivity (Wildman–Crippen MR) is 73.1 cm³/mol. The van der Waals surface area contributed by atoms with Crippen LogP contribution in [-0.4, -0.2) is 24.0 Å². The van der Waals surface area contributed by atoms with Crippen LogP contribution in [0.3, 0.4) is 0 Å². The van der Waals surface area contributed by atoms with Crippen molar-refractivity contribution >= 4 is 23.3 Å². The molecule has 0 bridgehead atoms. The number of rotatable bonds is 1. The van der Waals surface area contributed by atoms with Gasteiger partial charge in [0.1, 0.15) is 0 Å². The van der Waals surface area contributed by atoms with Crippen LogP contribution in [0.4, 0.5) is 10.5 Å². The number of halogens is 1. The van der Waals surface area contributed by atoms with Gasteiger partial charge in [0.05, 0.1) is 0 Å². The van der Waals surface area contributed by atoms with Crippen LogP contribution in [0, 0.1) is 12.3 Å². The van der Waals surface area contributed by atoms with E-state index in [1.54, 1.807) is 6.07 Å². The predicted octanol–water partition coefficient (Wildman–Crippen LogP) is 3.67. The van der Waals surface area contributed by atoms with Crippen molar-refractivity contribution in [2.75, 3.05) is 18.4 Å². The van der Waals surface area contributed by atoms with Gasteiger partial charge in [-0.1, -0.05) is 17.7 Å². The zero-order valence-electron chi connectivity index (χ0n) is 10.5. The van der Waals surface area contributed by atoms with Crippen LogP contribution in [-0.2, 0) is 0 Å². The molecule has 2 amide bonds. The summed E-state index contributed by atoms with van der Waals surface area (Å²) < 4.78 is 0. The number of amides is 2. The molecule has 1 aromatic carbocycles. The van der Waals surface area contributed by atoms with E-state index in [-0.39, 0.29) is 6.03 Å². The van der Waals surface area contributed by atoms with Gasteiger partial charge in [-0.3, -0.25) is 0 Å². The average molecular weight is 265 g/mol. The molecule has 1 aliphatic carbocycles. The largest absolute Gasteiger partial charge is 0.324 e. The Morgan fingerprint density at radius 1 is 1.39 bits per heavy atom. The van der Waals surface area contributed by atoms with E-state index in [1.807, 2.05) is 24.0 Å². The fraction of sp³-hybridized carbons (Fsp3) is 0.500. The summed E-state index contributed by atoms with van der Waals surface area (Å²) in [5.74, 6) is 0. The minimum Gasteiger partial charge on any atom is -0.324 e. The van der Waals surface area contributed by atoms with Crippen LogP contribution < -0.4 is 5.32 Å². The lowest BCUT2D eigenvalue weighted by atomic mass is 10.1. The number of urea groups is 1. The maximum Gasteiger partial charge on any atom is 0.321 e. The Morgan fingerprint density at radius 3 is 2.78 bits per heavy atom. The van der Waals surface area contributed by atoms with Gasteiger partial charge in [0.25, 0.3) is 0 Å². The number of benzene rings is 1. The Balaban J connectivity index is 1.65. The van der Waals surface area contributed by atoms with E-state index in [4.69, 9.17) is 11.6 Å². The van der Waals surface area contributed by atoms with Crippen LogP contribution in [0.15, 0.2) is 18.2 Å². The van der Waals surface area contributed by atoms with Gasteiger partial charge in [0.2, 0.25) is 0 Å². The van der Waals surface area contributed by atoms with E-state index in [2.05, 4.69) is 5.32 Å². The van der Waals surface area contributed by atoms with Crippen LogP contribution in [0.1, 0.15) is 24.8 Å². The second kappa shape index (κ2) is 4.16. The summed E-state index contributed by atoms with van der Waals surface area (Å²) in [6.45, 7) is 3.75. The quantitative estimate of drug-likeness (QED) is 0.825. The van der Waals surface area contributed by atoms with Crippen molar-refractivity contribution in [1.29, 1.82) is 0 Å². The number of likely N-dealkylation sites (tertiary alicyclic amines) is 1. The van der Waals surface area contributed by atoms with Crippen molar-refractivity contribution in [3.63, 3.8) is 0 Å². The average Bonchev–Trinajstić information content (AvgIpc) is 2.94. The van der Waals surface area contributed by atoms with E-state index < -0.39 is 0 Å². The Labute approximate surface area is 112 Å². The molecular weight excluding hydrogens is 248 g/mol. The molecule has 3 rings (SSSR count). The monoisotopic (exact) mass is 264 g/mol. The minimum absolute atomic E-state index is 0.00121. The molecule has 0 radical (unpaired) electrons. The van der Waals surface area contributed by atoms with Crippen molar-refractivity contribution < 1.29 is 4.79 Å². The molecule has 0 unspecified atom stereocenters. The van der Waals surface area contributed by atoms with Gasteiger partial charge in [-0.2, -0.15) is 0 Å². The minimum atomic E-state index is -0.00121. The van der Waals surface area contributed by atoms with E-state index >= 15 is 0 Å². The first-order valence-corrected chi connectivity index (χ1v) is 6.78. The van der Waals surface area contributed by atoms with Gasteiger partial charge in [0, 0.05) is 23.8 Å². The van der Waals surface area contributed by atoms with Crippen LogP contribution in [0.25, 0.3) is 0 Å². The maximum absolute atomic E-state index is 12.1. The first kappa shape index (κ1) is 11.8. The number of nitrogens with one attached hydrogen (secondary N) is 1. The molecule has 1 heterocycles. The topological polar surface area (TPSA) is 32.3 Å². The van der Waals surface area contributed by atoms with Gasteiger partial charge in [-0.15, -0.1) is 0 Å². The standard InChI is InChI=1S/C14H17ClN2O/c1-10-2-3-11(8-12(10)15)16-13(18)17-7-6-14(9-17)4-5-14/h2-3,8H,4-7,9H2,1H3,(H,16,18). The highest BCUT2D eigenvalue weighted by atomic mass is 35.5. The molecule has 2 aliphatic rings.